The lowest BCUT2D eigenvalue weighted by molar-refractivity contribution is -0.126. The molecule has 0 bridgehead atoms. The first-order chi connectivity index (χ1) is 13.5. The van der Waals surface area contributed by atoms with Gasteiger partial charge in [0.15, 0.2) is 0 Å². The number of thiophene rings is 1. The van der Waals surface area contributed by atoms with E-state index in [0.717, 1.165) is 47.5 Å². The molecule has 1 aliphatic rings. The van der Waals surface area contributed by atoms with E-state index >= 15 is 0 Å². The average Bonchev–Trinajstić information content (AvgIpc) is 3.02. The first-order valence-corrected chi connectivity index (χ1v) is 10.5. The first-order valence-electron chi connectivity index (χ1n) is 9.70. The van der Waals surface area contributed by atoms with Gasteiger partial charge in [-0.05, 0) is 50.8 Å². The highest BCUT2D eigenvalue weighted by molar-refractivity contribution is 7.18. The third kappa shape index (κ3) is 3.58. The number of anilines is 1. The maximum atomic E-state index is 12.7. The fourth-order valence-corrected chi connectivity index (χ4v) is 4.80. The molecule has 0 radical (unpaired) electrons. The minimum absolute atomic E-state index is 0.0304. The van der Waals surface area contributed by atoms with Crippen LogP contribution in [0.2, 0.25) is 0 Å². The van der Waals surface area contributed by atoms with Crippen LogP contribution >= 0.6 is 11.3 Å². The smallest absolute Gasteiger partial charge is 0.223 e. The number of pyridine rings is 1. The molecule has 1 aliphatic heterocycles. The van der Waals surface area contributed by atoms with Gasteiger partial charge in [0, 0.05) is 36.3 Å². The number of nitrogens with one attached hydrogen (secondary N) is 1. The van der Waals surface area contributed by atoms with E-state index in [1.165, 1.54) is 10.4 Å². The summed E-state index contributed by atoms with van der Waals surface area (Å²) in [6, 6.07) is 3.86. The van der Waals surface area contributed by atoms with Crippen molar-refractivity contribution < 1.29 is 4.79 Å². The molecule has 1 saturated heterocycles. The van der Waals surface area contributed by atoms with E-state index < -0.39 is 0 Å². The lowest BCUT2D eigenvalue weighted by Gasteiger charge is -2.33. The van der Waals surface area contributed by atoms with Crippen molar-refractivity contribution in [3.8, 4) is 0 Å². The van der Waals surface area contributed by atoms with Gasteiger partial charge in [-0.1, -0.05) is 6.07 Å². The van der Waals surface area contributed by atoms with Crippen molar-refractivity contribution in [3.63, 3.8) is 0 Å². The van der Waals surface area contributed by atoms with Crippen LogP contribution < -0.4 is 10.2 Å². The highest BCUT2D eigenvalue weighted by atomic mass is 32.1. The van der Waals surface area contributed by atoms with Crippen LogP contribution in [0, 0.1) is 19.8 Å². The highest BCUT2D eigenvalue weighted by Crippen LogP contribution is 2.35. The van der Waals surface area contributed by atoms with Crippen LogP contribution in [0.5, 0.6) is 0 Å². The molecule has 28 heavy (non-hydrogen) atoms. The van der Waals surface area contributed by atoms with E-state index in [4.69, 9.17) is 0 Å². The number of carbonyl (C=O) groups is 1. The van der Waals surface area contributed by atoms with Crippen molar-refractivity contribution in [1.82, 2.24) is 20.3 Å². The van der Waals surface area contributed by atoms with Gasteiger partial charge in [0.1, 0.15) is 17.0 Å². The third-order valence-electron chi connectivity index (χ3n) is 5.65. The van der Waals surface area contributed by atoms with Gasteiger partial charge in [-0.3, -0.25) is 9.78 Å². The first kappa shape index (κ1) is 18.8. The second-order valence-electron chi connectivity index (χ2n) is 7.44. The molecule has 1 atom stereocenters. The Labute approximate surface area is 169 Å². The van der Waals surface area contributed by atoms with Gasteiger partial charge in [-0.25, -0.2) is 9.97 Å². The second kappa shape index (κ2) is 7.83. The zero-order chi connectivity index (χ0) is 19.7. The lowest BCUT2D eigenvalue weighted by atomic mass is 9.95. The monoisotopic (exact) mass is 395 g/mol. The van der Waals surface area contributed by atoms with Crippen LogP contribution in [0.25, 0.3) is 10.2 Å². The van der Waals surface area contributed by atoms with Crippen molar-refractivity contribution in [1.29, 1.82) is 0 Å². The number of piperidine rings is 1. The van der Waals surface area contributed by atoms with Gasteiger partial charge in [0.05, 0.1) is 11.4 Å². The summed E-state index contributed by atoms with van der Waals surface area (Å²) in [6.45, 7) is 7.94. The van der Waals surface area contributed by atoms with E-state index in [9.17, 15) is 4.79 Å². The molecule has 1 unspecified atom stereocenters. The molecule has 4 rings (SSSR count). The number of aryl methyl sites for hydroxylation is 2. The lowest BCUT2D eigenvalue weighted by Crippen LogP contribution is -2.41. The predicted molar refractivity (Wildman–Crippen MR) is 113 cm³/mol. The molecule has 3 aromatic heterocycles. The summed E-state index contributed by atoms with van der Waals surface area (Å²) in [5, 5.41) is 4.31. The number of aromatic nitrogens is 3. The molecule has 0 aromatic carbocycles. The predicted octanol–water partition coefficient (Wildman–Crippen LogP) is 3.80. The fraction of sp³-hybridized carbons (Fsp3) is 0.429. The fourth-order valence-electron chi connectivity index (χ4n) is 3.80. The zero-order valence-electron chi connectivity index (χ0n) is 16.5. The van der Waals surface area contributed by atoms with Crippen molar-refractivity contribution in [2.45, 2.75) is 39.7 Å². The molecule has 146 valence electrons. The van der Waals surface area contributed by atoms with Gasteiger partial charge in [0.25, 0.3) is 0 Å². The number of nitrogens with zero attached hydrogens (tertiary/aromatic N) is 4. The summed E-state index contributed by atoms with van der Waals surface area (Å²) in [7, 11) is 0. The number of amides is 1. The summed E-state index contributed by atoms with van der Waals surface area (Å²) in [4.78, 5) is 30.5. The molecule has 1 fully saturated rings. The van der Waals surface area contributed by atoms with E-state index in [-0.39, 0.29) is 17.9 Å². The Morgan fingerprint density at radius 1 is 1.29 bits per heavy atom. The summed E-state index contributed by atoms with van der Waals surface area (Å²) in [5.41, 5.74) is 2.29. The molecule has 0 saturated carbocycles. The topological polar surface area (TPSA) is 71.0 Å². The molecule has 1 N–H and O–H groups in total. The number of hydrogen-bond donors (Lipinski definition) is 1. The molecule has 0 spiro atoms. The number of carbonyl (C=O) groups excluding carboxylic acids is 1. The third-order valence-corrected chi connectivity index (χ3v) is 6.77. The Kier molecular flexibility index (Phi) is 5.26. The van der Waals surface area contributed by atoms with Crippen LogP contribution in [0.1, 0.15) is 41.8 Å². The molecule has 3 aromatic rings. The summed E-state index contributed by atoms with van der Waals surface area (Å²) >= 11 is 1.72. The molecule has 0 aliphatic carbocycles. The molecule has 1 amide bonds. The van der Waals surface area contributed by atoms with Gasteiger partial charge in [-0.15, -0.1) is 11.3 Å². The van der Waals surface area contributed by atoms with Gasteiger partial charge in [0.2, 0.25) is 5.91 Å². The quantitative estimate of drug-likeness (QED) is 0.728. The van der Waals surface area contributed by atoms with Crippen molar-refractivity contribution in [2.75, 3.05) is 18.0 Å². The van der Waals surface area contributed by atoms with Crippen LogP contribution in [0.15, 0.2) is 30.9 Å². The van der Waals surface area contributed by atoms with Crippen LogP contribution in [-0.4, -0.2) is 33.9 Å². The Morgan fingerprint density at radius 3 is 2.79 bits per heavy atom. The number of fused-ring (bicyclic) bond motifs is 1. The minimum atomic E-state index is -0.0304. The van der Waals surface area contributed by atoms with Crippen molar-refractivity contribution >= 4 is 33.3 Å². The zero-order valence-corrected chi connectivity index (χ0v) is 17.3. The Balaban J connectivity index is 1.42. The molecule has 4 heterocycles. The second-order valence-corrected chi connectivity index (χ2v) is 8.64. The highest BCUT2D eigenvalue weighted by Gasteiger charge is 2.28. The normalized spacial score (nSPS) is 16.3. The van der Waals surface area contributed by atoms with Gasteiger partial charge >= 0.3 is 0 Å². The van der Waals surface area contributed by atoms with Crippen LogP contribution in [0.4, 0.5) is 5.82 Å². The van der Waals surface area contributed by atoms with E-state index in [1.807, 2.05) is 19.1 Å². The Bertz CT molecular complexity index is 979. The maximum absolute atomic E-state index is 12.7. The summed E-state index contributed by atoms with van der Waals surface area (Å²) in [5.74, 6) is 1.18. The molecule has 7 heteroatoms. The average molecular weight is 396 g/mol. The van der Waals surface area contributed by atoms with Crippen molar-refractivity contribution in [2.24, 2.45) is 5.92 Å². The summed E-state index contributed by atoms with van der Waals surface area (Å²) in [6.07, 6.45) is 6.87. The van der Waals surface area contributed by atoms with E-state index in [0.29, 0.717) is 0 Å². The molecule has 6 nitrogen and oxygen atoms in total. The molecular weight excluding hydrogens is 370 g/mol. The van der Waals surface area contributed by atoms with Crippen LogP contribution in [-0.2, 0) is 4.79 Å². The van der Waals surface area contributed by atoms with E-state index in [1.54, 1.807) is 30.1 Å². The number of hydrogen-bond acceptors (Lipinski definition) is 6. The van der Waals surface area contributed by atoms with E-state index in [2.05, 4.69) is 39.0 Å². The van der Waals surface area contributed by atoms with Gasteiger partial charge in [-0.2, -0.15) is 0 Å². The van der Waals surface area contributed by atoms with Crippen LogP contribution in [0.3, 0.4) is 0 Å². The minimum Gasteiger partial charge on any atom is -0.356 e. The SMILES string of the molecule is Cc1sc2ncnc(N3CCC(C(=O)NC(C)c4cccnc4)CC3)c2c1C. The summed E-state index contributed by atoms with van der Waals surface area (Å²) < 4.78 is 0. The van der Waals surface area contributed by atoms with Gasteiger partial charge < -0.3 is 10.2 Å². The Morgan fingerprint density at radius 2 is 2.07 bits per heavy atom. The number of rotatable bonds is 4. The largest absolute Gasteiger partial charge is 0.356 e. The standard InChI is InChI=1S/C21H25N5OS/c1-13-15(3)28-21-18(13)19(23-12-24-21)26-9-6-16(7-10-26)20(27)25-14(2)17-5-4-8-22-11-17/h4-5,8,11-12,14,16H,6-7,9-10H2,1-3H3,(H,25,27). The molecular formula is C21H25N5OS. The maximum Gasteiger partial charge on any atom is 0.223 e. The van der Waals surface area contributed by atoms with Crippen molar-refractivity contribution in [3.05, 3.63) is 46.9 Å². The Hall–Kier alpha value is -2.54.